The van der Waals surface area contributed by atoms with E-state index in [0.717, 1.165) is 11.9 Å². The van der Waals surface area contributed by atoms with Gasteiger partial charge in [-0.25, -0.2) is 18.7 Å². The predicted octanol–water partition coefficient (Wildman–Crippen LogP) is 4.04. The fraction of sp³-hybridized carbons (Fsp3) is 0.579. The van der Waals surface area contributed by atoms with Crippen LogP contribution in [-0.4, -0.2) is 45.5 Å². The van der Waals surface area contributed by atoms with E-state index >= 15 is 0 Å². The van der Waals surface area contributed by atoms with Crippen molar-refractivity contribution in [3.05, 3.63) is 29.8 Å². The Morgan fingerprint density at radius 3 is 2.41 bits per heavy atom. The maximum Gasteiger partial charge on any atom is 0.419 e. The third-order valence-corrected chi connectivity index (χ3v) is 5.74. The van der Waals surface area contributed by atoms with E-state index in [1.54, 1.807) is 11.1 Å². The molecule has 29 heavy (non-hydrogen) atoms. The Morgan fingerprint density at radius 1 is 1.21 bits per heavy atom. The molecule has 158 valence electrons. The van der Waals surface area contributed by atoms with Crippen molar-refractivity contribution in [3.63, 3.8) is 0 Å². The Bertz CT molecular complexity index is 895. The second-order valence-electron chi connectivity index (χ2n) is 8.13. The van der Waals surface area contributed by atoms with Crippen molar-refractivity contribution in [2.75, 3.05) is 25.4 Å². The second kappa shape index (κ2) is 6.93. The number of nitrogen functional groups attached to an aromatic ring is 1. The molecular weight excluding hydrogens is 393 g/mol. The first-order chi connectivity index (χ1) is 13.6. The highest BCUT2D eigenvalue weighted by Gasteiger charge is 2.57. The summed E-state index contributed by atoms with van der Waals surface area (Å²) < 4.78 is 66.7. The number of imidazole rings is 1. The van der Waals surface area contributed by atoms with Gasteiger partial charge >= 0.3 is 6.18 Å². The molecule has 2 aliphatic rings. The average molecular weight is 415 g/mol. The summed E-state index contributed by atoms with van der Waals surface area (Å²) in [6, 6.07) is 1.11. The Morgan fingerprint density at radius 2 is 1.86 bits per heavy atom. The van der Waals surface area contributed by atoms with Gasteiger partial charge in [0.2, 0.25) is 0 Å². The molecule has 4 rings (SSSR count). The van der Waals surface area contributed by atoms with Gasteiger partial charge in [-0.3, -0.25) is 4.90 Å². The van der Waals surface area contributed by atoms with E-state index in [4.69, 9.17) is 5.73 Å². The molecule has 0 radical (unpaired) electrons. The smallest absolute Gasteiger partial charge is 0.383 e. The highest BCUT2D eigenvalue weighted by molar-refractivity contribution is 5.62. The third-order valence-electron chi connectivity index (χ3n) is 5.74. The highest BCUT2D eigenvalue weighted by Crippen LogP contribution is 2.56. The summed E-state index contributed by atoms with van der Waals surface area (Å²) >= 11 is 0. The number of halogens is 5. The van der Waals surface area contributed by atoms with Crippen LogP contribution in [0.15, 0.2) is 18.5 Å². The molecule has 10 heteroatoms. The van der Waals surface area contributed by atoms with Crippen molar-refractivity contribution in [2.45, 2.75) is 38.4 Å². The summed E-state index contributed by atoms with van der Waals surface area (Å²) in [6.45, 7) is 4.92. The number of likely N-dealkylation sites (tertiary alicyclic amines) is 1. The minimum atomic E-state index is -4.60. The maximum absolute atomic E-state index is 13.2. The molecule has 5 nitrogen and oxygen atoms in total. The Balaban J connectivity index is 1.61. The predicted molar refractivity (Wildman–Crippen MR) is 97.4 cm³/mol. The molecule has 2 aromatic rings. The molecule has 1 saturated carbocycles. The van der Waals surface area contributed by atoms with E-state index < -0.39 is 24.0 Å². The van der Waals surface area contributed by atoms with Crippen molar-refractivity contribution in [1.29, 1.82) is 0 Å². The lowest BCUT2D eigenvalue weighted by Gasteiger charge is -2.20. The van der Waals surface area contributed by atoms with Crippen LogP contribution in [0.5, 0.6) is 0 Å². The third kappa shape index (κ3) is 3.70. The number of aromatic nitrogens is 3. The van der Waals surface area contributed by atoms with Gasteiger partial charge in [0.1, 0.15) is 11.6 Å². The molecular formula is C19H22F5N5. The molecule has 1 aliphatic heterocycles. The Labute approximate surface area is 164 Å². The van der Waals surface area contributed by atoms with E-state index in [1.165, 1.54) is 6.20 Å². The molecule has 0 spiro atoms. The quantitative estimate of drug-likeness (QED) is 0.749. The van der Waals surface area contributed by atoms with Crippen LogP contribution in [0.2, 0.25) is 0 Å². The van der Waals surface area contributed by atoms with Crippen LogP contribution in [0.4, 0.5) is 27.8 Å². The zero-order chi connectivity index (χ0) is 21.1. The number of nitrogens with zero attached hydrogens (tertiary/aromatic N) is 4. The SMILES string of the molecule is CC(C)c1nc(-c2cnc(N)c(C(F)(F)F)c2)cn1[C@@H]1[C@@H]2CN(CC(F)F)C[C@@H]21. The van der Waals surface area contributed by atoms with Gasteiger partial charge in [-0.1, -0.05) is 13.8 Å². The monoisotopic (exact) mass is 415 g/mol. The van der Waals surface area contributed by atoms with Crippen molar-refractivity contribution >= 4 is 5.82 Å². The Kier molecular flexibility index (Phi) is 4.79. The van der Waals surface area contributed by atoms with Gasteiger partial charge in [0.25, 0.3) is 6.43 Å². The maximum atomic E-state index is 13.2. The van der Waals surface area contributed by atoms with Gasteiger partial charge in [-0.15, -0.1) is 0 Å². The van der Waals surface area contributed by atoms with E-state index in [0.29, 0.717) is 18.8 Å². The normalized spacial score (nSPS) is 24.5. The first-order valence-electron chi connectivity index (χ1n) is 9.48. The zero-order valence-corrected chi connectivity index (χ0v) is 16.0. The summed E-state index contributed by atoms with van der Waals surface area (Å²) in [5.41, 5.74) is 5.06. The molecule has 1 saturated heterocycles. The lowest BCUT2D eigenvalue weighted by atomic mass is 10.1. The number of pyridine rings is 1. The number of nitrogens with two attached hydrogens (primary N) is 1. The van der Waals surface area contributed by atoms with Gasteiger partial charge < -0.3 is 10.3 Å². The molecule has 1 aliphatic carbocycles. The minimum absolute atomic E-state index is 0.0612. The molecule has 3 heterocycles. The summed E-state index contributed by atoms with van der Waals surface area (Å²) in [5, 5.41) is 0. The minimum Gasteiger partial charge on any atom is -0.383 e. The zero-order valence-electron chi connectivity index (χ0n) is 16.0. The first kappa shape index (κ1) is 20.1. The number of fused-ring (bicyclic) bond motifs is 1. The van der Waals surface area contributed by atoms with E-state index in [1.807, 2.05) is 18.4 Å². The van der Waals surface area contributed by atoms with Crippen molar-refractivity contribution in [1.82, 2.24) is 19.4 Å². The summed E-state index contributed by atoms with van der Waals surface area (Å²) in [7, 11) is 0. The number of alkyl halides is 5. The van der Waals surface area contributed by atoms with Crippen LogP contribution in [-0.2, 0) is 6.18 Å². The van der Waals surface area contributed by atoms with Gasteiger partial charge in [-0.2, -0.15) is 13.2 Å². The topological polar surface area (TPSA) is 60.0 Å². The van der Waals surface area contributed by atoms with Crippen molar-refractivity contribution < 1.29 is 22.0 Å². The molecule has 2 N–H and O–H groups in total. The highest BCUT2D eigenvalue weighted by atomic mass is 19.4. The van der Waals surface area contributed by atoms with Crippen molar-refractivity contribution in [2.24, 2.45) is 11.8 Å². The van der Waals surface area contributed by atoms with Crippen LogP contribution >= 0.6 is 0 Å². The van der Waals surface area contributed by atoms with E-state index in [-0.39, 0.29) is 35.9 Å². The number of hydrogen-bond donors (Lipinski definition) is 1. The van der Waals surface area contributed by atoms with Gasteiger partial charge in [0, 0.05) is 43.0 Å². The largest absolute Gasteiger partial charge is 0.419 e. The number of piperidine rings is 1. The van der Waals surface area contributed by atoms with Crippen LogP contribution in [0.1, 0.15) is 37.2 Å². The van der Waals surface area contributed by atoms with Gasteiger partial charge in [-0.05, 0) is 17.9 Å². The van der Waals surface area contributed by atoms with E-state index in [2.05, 4.69) is 9.97 Å². The first-order valence-corrected chi connectivity index (χ1v) is 9.48. The molecule has 2 aromatic heterocycles. The molecule has 0 amide bonds. The average Bonchev–Trinajstić information content (AvgIpc) is 2.96. The summed E-state index contributed by atoms with van der Waals surface area (Å²) in [4.78, 5) is 10.0. The fourth-order valence-corrected chi connectivity index (χ4v) is 4.39. The van der Waals surface area contributed by atoms with Crippen LogP contribution in [0.25, 0.3) is 11.3 Å². The summed E-state index contributed by atoms with van der Waals surface area (Å²) in [6.07, 6.45) is -3.90. The lowest BCUT2D eigenvalue weighted by molar-refractivity contribution is -0.137. The van der Waals surface area contributed by atoms with Crippen LogP contribution in [0.3, 0.4) is 0 Å². The van der Waals surface area contributed by atoms with E-state index in [9.17, 15) is 22.0 Å². The lowest BCUT2D eigenvalue weighted by Crippen LogP contribution is -2.30. The van der Waals surface area contributed by atoms with Crippen molar-refractivity contribution in [3.8, 4) is 11.3 Å². The number of hydrogen-bond acceptors (Lipinski definition) is 4. The molecule has 0 unspecified atom stereocenters. The van der Waals surface area contributed by atoms with Gasteiger partial charge in [0.05, 0.1) is 17.8 Å². The van der Waals surface area contributed by atoms with Crippen LogP contribution < -0.4 is 5.73 Å². The summed E-state index contributed by atoms with van der Waals surface area (Å²) in [5.74, 6) is 0.795. The van der Waals surface area contributed by atoms with Crippen LogP contribution in [0, 0.1) is 11.8 Å². The number of anilines is 1. The molecule has 0 aromatic carbocycles. The Hall–Kier alpha value is -2.23. The van der Waals surface area contributed by atoms with Gasteiger partial charge in [0.15, 0.2) is 0 Å². The molecule has 3 atom stereocenters. The number of rotatable bonds is 5. The molecule has 2 fully saturated rings. The standard InChI is InChI=1S/C19H22F5N5/c1-9(2)18-27-14(10-3-13(19(22,23)24)17(25)26-4-10)7-29(18)16-11-5-28(6-12(11)16)8-15(20)21/h3-4,7,9,11-12,15-16H,5-6,8H2,1-2H3,(H2,25,26)/t11-,12+,16-. The fourth-order valence-electron chi connectivity index (χ4n) is 4.39. The molecule has 0 bridgehead atoms. The second-order valence-corrected chi connectivity index (χ2v) is 8.13.